The van der Waals surface area contributed by atoms with Crippen LogP contribution in [-0.4, -0.2) is 30.7 Å². The van der Waals surface area contributed by atoms with Gasteiger partial charge in [0.2, 0.25) is 0 Å². The van der Waals surface area contributed by atoms with Gasteiger partial charge in [-0.25, -0.2) is 13.1 Å². The van der Waals surface area contributed by atoms with Gasteiger partial charge in [-0.1, -0.05) is 19.8 Å². The molecule has 1 aromatic rings. The summed E-state index contributed by atoms with van der Waals surface area (Å²) in [4.78, 5) is 0. The van der Waals surface area contributed by atoms with E-state index in [0.29, 0.717) is 6.54 Å². The Morgan fingerprint density at radius 2 is 2.39 bits per heavy atom. The second-order valence-electron chi connectivity index (χ2n) is 5.03. The van der Waals surface area contributed by atoms with Crippen LogP contribution < -0.4 is 10.5 Å². The van der Waals surface area contributed by atoms with Crippen molar-refractivity contribution < 1.29 is 8.42 Å². The molecule has 0 amide bonds. The van der Waals surface area contributed by atoms with Crippen molar-refractivity contribution in [1.29, 1.82) is 0 Å². The summed E-state index contributed by atoms with van der Waals surface area (Å²) in [6.45, 7) is 2.38. The van der Waals surface area contributed by atoms with E-state index in [4.69, 9.17) is 5.73 Å². The van der Waals surface area contributed by atoms with Crippen molar-refractivity contribution in [2.24, 2.45) is 11.7 Å². The Labute approximate surface area is 107 Å². The Morgan fingerprint density at radius 3 is 2.94 bits per heavy atom. The second-order valence-corrected chi connectivity index (χ2v) is 6.68. The molecule has 1 heterocycles. The molecule has 1 fully saturated rings. The van der Waals surface area contributed by atoms with Gasteiger partial charge in [-0.2, -0.15) is 5.10 Å². The number of H-pyrrole nitrogens is 1. The molecule has 1 saturated carbocycles. The molecule has 0 bridgehead atoms. The Balaban J connectivity index is 2.25. The van der Waals surface area contributed by atoms with Crippen LogP contribution in [0.2, 0.25) is 0 Å². The van der Waals surface area contributed by atoms with E-state index in [0.717, 1.165) is 25.7 Å². The normalized spacial score (nSPS) is 29.3. The van der Waals surface area contributed by atoms with E-state index >= 15 is 0 Å². The molecule has 1 aliphatic carbocycles. The number of nitrogens with zero attached hydrogens (tertiary/aromatic N) is 1. The summed E-state index contributed by atoms with van der Waals surface area (Å²) in [6.07, 6.45) is 5.36. The van der Waals surface area contributed by atoms with E-state index in [2.05, 4.69) is 21.8 Å². The van der Waals surface area contributed by atoms with E-state index in [1.807, 2.05) is 0 Å². The van der Waals surface area contributed by atoms with Crippen LogP contribution in [0.4, 0.5) is 0 Å². The standard InChI is InChI=1S/C11H20N4O2S/c1-9-4-2-3-6-11(9,8-12)15-18(16,17)10-5-7-13-14-10/h5,7,9,15H,2-4,6,8,12H2,1H3,(H,13,14). The number of nitrogens with one attached hydrogen (secondary N) is 2. The lowest BCUT2D eigenvalue weighted by molar-refractivity contribution is 0.191. The zero-order chi connectivity index (χ0) is 13.2. The molecule has 0 spiro atoms. The molecule has 18 heavy (non-hydrogen) atoms. The fourth-order valence-electron chi connectivity index (χ4n) is 2.63. The first kappa shape index (κ1) is 13.5. The molecule has 1 aromatic heterocycles. The molecular weight excluding hydrogens is 252 g/mol. The van der Waals surface area contributed by atoms with Crippen LogP contribution >= 0.6 is 0 Å². The SMILES string of the molecule is CC1CCCCC1(CN)NS(=O)(=O)c1ccn[nH]1. The van der Waals surface area contributed by atoms with Crippen molar-refractivity contribution in [2.45, 2.75) is 43.2 Å². The summed E-state index contributed by atoms with van der Waals surface area (Å²) in [7, 11) is -3.57. The third kappa shape index (κ3) is 2.43. The average molecular weight is 272 g/mol. The minimum absolute atomic E-state index is 0.0908. The molecule has 6 nitrogen and oxygen atoms in total. The van der Waals surface area contributed by atoms with Crippen LogP contribution in [0.1, 0.15) is 32.6 Å². The minimum atomic E-state index is -3.57. The van der Waals surface area contributed by atoms with E-state index < -0.39 is 15.6 Å². The first-order valence-electron chi connectivity index (χ1n) is 6.24. The average Bonchev–Trinajstić information content (AvgIpc) is 2.86. The van der Waals surface area contributed by atoms with E-state index in [9.17, 15) is 8.42 Å². The number of aromatic nitrogens is 2. The second kappa shape index (κ2) is 4.99. The number of rotatable bonds is 4. The van der Waals surface area contributed by atoms with Gasteiger partial charge in [0.15, 0.2) is 5.03 Å². The van der Waals surface area contributed by atoms with Gasteiger partial charge in [0.1, 0.15) is 0 Å². The molecule has 1 aliphatic rings. The number of hydrogen-bond donors (Lipinski definition) is 3. The summed E-state index contributed by atoms with van der Waals surface area (Å²) < 4.78 is 27.3. The molecule has 0 aliphatic heterocycles. The first-order chi connectivity index (χ1) is 8.50. The van der Waals surface area contributed by atoms with Gasteiger partial charge in [0.05, 0.1) is 6.20 Å². The summed E-state index contributed by atoms with van der Waals surface area (Å²) in [6, 6.07) is 1.44. The predicted octanol–water partition coefficient (Wildman–Crippen LogP) is 0.596. The lowest BCUT2D eigenvalue weighted by Gasteiger charge is -2.42. The molecule has 0 saturated heterocycles. The number of hydrogen-bond acceptors (Lipinski definition) is 4. The van der Waals surface area contributed by atoms with Crippen LogP contribution in [-0.2, 0) is 10.0 Å². The van der Waals surface area contributed by atoms with Gasteiger partial charge in [0, 0.05) is 12.1 Å². The summed E-state index contributed by atoms with van der Waals surface area (Å²) >= 11 is 0. The molecule has 0 aromatic carbocycles. The van der Waals surface area contributed by atoms with Gasteiger partial charge < -0.3 is 5.73 Å². The molecule has 102 valence electrons. The highest BCUT2D eigenvalue weighted by Crippen LogP contribution is 2.34. The van der Waals surface area contributed by atoms with Crippen LogP contribution in [0, 0.1) is 5.92 Å². The van der Waals surface area contributed by atoms with Crippen LogP contribution in [0.5, 0.6) is 0 Å². The molecule has 2 atom stereocenters. The smallest absolute Gasteiger partial charge is 0.258 e. The topological polar surface area (TPSA) is 101 Å². The third-order valence-corrected chi connectivity index (χ3v) is 5.40. The van der Waals surface area contributed by atoms with Crippen molar-refractivity contribution in [2.75, 3.05) is 6.54 Å². The Hall–Kier alpha value is -0.920. The van der Waals surface area contributed by atoms with E-state index in [1.165, 1.54) is 12.3 Å². The maximum atomic E-state index is 12.2. The lowest BCUT2D eigenvalue weighted by atomic mass is 9.74. The van der Waals surface area contributed by atoms with E-state index in [1.54, 1.807) is 0 Å². The van der Waals surface area contributed by atoms with Gasteiger partial charge in [-0.15, -0.1) is 0 Å². The molecule has 2 unspecified atom stereocenters. The minimum Gasteiger partial charge on any atom is -0.329 e. The summed E-state index contributed by atoms with van der Waals surface area (Å²) in [5.41, 5.74) is 5.31. The lowest BCUT2D eigenvalue weighted by Crippen LogP contribution is -2.59. The maximum absolute atomic E-state index is 12.2. The Bertz CT molecular complexity index is 485. The molecule has 2 rings (SSSR count). The van der Waals surface area contributed by atoms with Crippen molar-refractivity contribution in [3.05, 3.63) is 12.3 Å². The third-order valence-electron chi connectivity index (χ3n) is 3.92. The summed E-state index contributed by atoms with van der Waals surface area (Å²) in [5, 5.41) is 6.25. The quantitative estimate of drug-likeness (QED) is 0.747. The van der Waals surface area contributed by atoms with Crippen molar-refractivity contribution in [1.82, 2.24) is 14.9 Å². The van der Waals surface area contributed by atoms with Crippen LogP contribution in [0.25, 0.3) is 0 Å². The van der Waals surface area contributed by atoms with Crippen molar-refractivity contribution in [3.8, 4) is 0 Å². The Kier molecular flexibility index (Phi) is 3.74. The van der Waals surface area contributed by atoms with Gasteiger partial charge >= 0.3 is 0 Å². The first-order valence-corrected chi connectivity index (χ1v) is 7.72. The van der Waals surface area contributed by atoms with Crippen molar-refractivity contribution in [3.63, 3.8) is 0 Å². The fraction of sp³-hybridized carbons (Fsp3) is 0.727. The van der Waals surface area contributed by atoms with Gasteiger partial charge in [-0.3, -0.25) is 5.10 Å². The van der Waals surface area contributed by atoms with E-state index in [-0.39, 0.29) is 10.9 Å². The predicted molar refractivity (Wildman–Crippen MR) is 68.3 cm³/mol. The molecule has 7 heteroatoms. The Morgan fingerprint density at radius 1 is 1.61 bits per heavy atom. The number of nitrogens with two attached hydrogens (primary N) is 1. The fourth-order valence-corrected chi connectivity index (χ4v) is 4.07. The van der Waals surface area contributed by atoms with Crippen LogP contribution in [0.3, 0.4) is 0 Å². The number of sulfonamides is 1. The number of aromatic amines is 1. The monoisotopic (exact) mass is 272 g/mol. The van der Waals surface area contributed by atoms with Crippen molar-refractivity contribution >= 4 is 10.0 Å². The van der Waals surface area contributed by atoms with Gasteiger partial charge in [-0.05, 0) is 24.8 Å². The summed E-state index contributed by atoms with van der Waals surface area (Å²) in [5.74, 6) is 0.244. The highest BCUT2D eigenvalue weighted by atomic mass is 32.2. The highest BCUT2D eigenvalue weighted by Gasteiger charge is 2.40. The zero-order valence-electron chi connectivity index (χ0n) is 10.5. The molecule has 0 radical (unpaired) electrons. The van der Waals surface area contributed by atoms with Crippen LogP contribution in [0.15, 0.2) is 17.3 Å². The zero-order valence-corrected chi connectivity index (χ0v) is 11.3. The maximum Gasteiger partial charge on any atom is 0.258 e. The molecular formula is C11H20N4O2S. The largest absolute Gasteiger partial charge is 0.329 e. The van der Waals surface area contributed by atoms with Gasteiger partial charge in [0.25, 0.3) is 10.0 Å². The highest BCUT2D eigenvalue weighted by molar-refractivity contribution is 7.89. The molecule has 4 N–H and O–H groups in total.